The fraction of sp³-hybridized carbons (Fsp3) is 0.0714. The smallest absolute Gasteiger partial charge is 0.326 e. The third kappa shape index (κ3) is 3.11. The Bertz CT molecular complexity index is 647. The summed E-state index contributed by atoms with van der Waals surface area (Å²) in [6.07, 6.45) is 1.33. The number of carbonyl (C=O) groups is 3. The average Bonchev–Trinajstić information content (AvgIpc) is 2.92. The molecule has 0 unspecified atom stereocenters. The van der Waals surface area contributed by atoms with E-state index in [0.29, 0.717) is 11.3 Å². The molecule has 0 saturated carbocycles. The van der Waals surface area contributed by atoms with Crippen LogP contribution in [0.15, 0.2) is 47.1 Å². The first-order chi connectivity index (χ1) is 9.58. The Hall–Kier alpha value is -2.89. The standard InChI is InChI=1S/C14H12N2O4/c1-9(17)10-5-2-3-6-11(10)15-14(19)16-13(18)12-7-4-8-20-12/h2-8H,1H3,(H2,15,16,18,19). The van der Waals surface area contributed by atoms with Crippen LogP contribution in [0.5, 0.6) is 0 Å². The number of hydrogen-bond donors (Lipinski definition) is 2. The van der Waals surface area contributed by atoms with Crippen LogP contribution in [0.2, 0.25) is 0 Å². The summed E-state index contributed by atoms with van der Waals surface area (Å²) < 4.78 is 4.86. The molecule has 0 aliphatic heterocycles. The van der Waals surface area contributed by atoms with Crippen LogP contribution in [0, 0.1) is 0 Å². The predicted molar refractivity (Wildman–Crippen MR) is 71.6 cm³/mol. The zero-order valence-corrected chi connectivity index (χ0v) is 10.7. The Labute approximate surface area is 114 Å². The minimum Gasteiger partial charge on any atom is -0.459 e. The lowest BCUT2D eigenvalue weighted by Gasteiger charge is -2.08. The van der Waals surface area contributed by atoms with Crippen molar-refractivity contribution in [3.63, 3.8) is 0 Å². The maximum atomic E-state index is 11.7. The van der Waals surface area contributed by atoms with E-state index in [1.165, 1.54) is 25.3 Å². The van der Waals surface area contributed by atoms with E-state index in [2.05, 4.69) is 10.6 Å². The van der Waals surface area contributed by atoms with E-state index in [1.807, 2.05) is 0 Å². The predicted octanol–water partition coefficient (Wildman–Crippen LogP) is 2.44. The first kappa shape index (κ1) is 13.5. The molecular formula is C14H12N2O4. The number of imide groups is 1. The zero-order chi connectivity index (χ0) is 14.5. The molecule has 20 heavy (non-hydrogen) atoms. The minimum absolute atomic E-state index is 0.0278. The number of ketones is 1. The lowest BCUT2D eigenvalue weighted by Crippen LogP contribution is -2.34. The molecule has 0 bridgehead atoms. The topological polar surface area (TPSA) is 88.4 Å². The molecule has 0 saturated heterocycles. The van der Waals surface area contributed by atoms with Gasteiger partial charge in [-0.25, -0.2) is 4.79 Å². The number of nitrogens with one attached hydrogen (secondary N) is 2. The second-order valence-corrected chi connectivity index (χ2v) is 3.99. The van der Waals surface area contributed by atoms with Crippen molar-refractivity contribution in [3.05, 3.63) is 54.0 Å². The number of para-hydroxylation sites is 1. The van der Waals surface area contributed by atoms with E-state index in [-0.39, 0.29) is 11.5 Å². The molecule has 0 fully saturated rings. The SMILES string of the molecule is CC(=O)c1ccccc1NC(=O)NC(=O)c1ccco1. The lowest BCUT2D eigenvalue weighted by atomic mass is 10.1. The molecule has 0 aliphatic rings. The Balaban J connectivity index is 2.05. The molecule has 102 valence electrons. The molecule has 2 aromatic rings. The summed E-state index contributed by atoms with van der Waals surface area (Å²) in [6, 6.07) is 8.77. The molecule has 2 rings (SSSR count). The molecule has 0 aliphatic carbocycles. The maximum absolute atomic E-state index is 11.7. The van der Waals surface area contributed by atoms with Crippen molar-refractivity contribution in [2.24, 2.45) is 0 Å². The molecule has 0 atom stereocenters. The van der Waals surface area contributed by atoms with Gasteiger partial charge in [0.15, 0.2) is 11.5 Å². The molecule has 2 N–H and O–H groups in total. The highest BCUT2D eigenvalue weighted by atomic mass is 16.3. The summed E-state index contributed by atoms with van der Waals surface area (Å²) in [5, 5.41) is 4.55. The summed E-state index contributed by atoms with van der Waals surface area (Å²) in [6.45, 7) is 1.40. The number of rotatable bonds is 3. The molecule has 6 nitrogen and oxygen atoms in total. The Morgan fingerprint density at radius 3 is 2.45 bits per heavy atom. The fourth-order valence-electron chi connectivity index (χ4n) is 1.63. The second kappa shape index (κ2) is 5.83. The number of amides is 3. The van der Waals surface area contributed by atoms with Gasteiger partial charge >= 0.3 is 6.03 Å². The van der Waals surface area contributed by atoms with Crippen LogP contribution in [0.4, 0.5) is 10.5 Å². The van der Waals surface area contributed by atoms with Crippen molar-refractivity contribution in [2.75, 3.05) is 5.32 Å². The van der Waals surface area contributed by atoms with Crippen molar-refractivity contribution in [2.45, 2.75) is 6.92 Å². The number of carbonyl (C=O) groups excluding carboxylic acids is 3. The lowest BCUT2D eigenvalue weighted by molar-refractivity contribution is 0.0939. The van der Waals surface area contributed by atoms with Gasteiger partial charge in [0.25, 0.3) is 5.91 Å². The highest BCUT2D eigenvalue weighted by Crippen LogP contribution is 2.15. The molecule has 3 amide bonds. The summed E-state index contributed by atoms with van der Waals surface area (Å²) in [5.74, 6) is -0.814. The summed E-state index contributed by atoms with van der Waals surface area (Å²) in [4.78, 5) is 34.7. The number of benzene rings is 1. The van der Waals surface area contributed by atoms with Crippen LogP contribution in [0.1, 0.15) is 27.8 Å². The van der Waals surface area contributed by atoms with Crippen LogP contribution in [-0.4, -0.2) is 17.7 Å². The van der Waals surface area contributed by atoms with Gasteiger partial charge in [-0.05, 0) is 31.2 Å². The zero-order valence-electron chi connectivity index (χ0n) is 10.7. The van der Waals surface area contributed by atoms with Gasteiger partial charge in [0.2, 0.25) is 0 Å². The monoisotopic (exact) mass is 272 g/mol. The van der Waals surface area contributed by atoms with Gasteiger partial charge in [-0.15, -0.1) is 0 Å². The number of furan rings is 1. The molecule has 1 heterocycles. The number of anilines is 1. The molecular weight excluding hydrogens is 260 g/mol. The Morgan fingerprint density at radius 1 is 1.05 bits per heavy atom. The Kier molecular flexibility index (Phi) is 3.95. The van der Waals surface area contributed by atoms with E-state index in [1.54, 1.807) is 24.3 Å². The van der Waals surface area contributed by atoms with E-state index in [9.17, 15) is 14.4 Å². The average molecular weight is 272 g/mol. The van der Waals surface area contributed by atoms with Gasteiger partial charge in [-0.2, -0.15) is 0 Å². The number of hydrogen-bond acceptors (Lipinski definition) is 4. The van der Waals surface area contributed by atoms with Crippen LogP contribution in [-0.2, 0) is 0 Å². The van der Waals surface area contributed by atoms with Crippen LogP contribution in [0.3, 0.4) is 0 Å². The fourth-order valence-corrected chi connectivity index (χ4v) is 1.63. The van der Waals surface area contributed by atoms with Gasteiger partial charge in [0, 0.05) is 5.56 Å². The normalized spacial score (nSPS) is 9.85. The molecule has 6 heteroatoms. The Morgan fingerprint density at radius 2 is 1.80 bits per heavy atom. The van der Waals surface area contributed by atoms with Crippen LogP contribution >= 0.6 is 0 Å². The van der Waals surface area contributed by atoms with Crippen LogP contribution < -0.4 is 10.6 Å². The van der Waals surface area contributed by atoms with Crippen molar-refractivity contribution in [1.82, 2.24) is 5.32 Å². The van der Waals surface area contributed by atoms with Crippen molar-refractivity contribution in [1.29, 1.82) is 0 Å². The summed E-state index contributed by atoms with van der Waals surface area (Å²) in [5.41, 5.74) is 0.706. The highest BCUT2D eigenvalue weighted by Gasteiger charge is 2.14. The van der Waals surface area contributed by atoms with Crippen molar-refractivity contribution >= 4 is 23.4 Å². The molecule has 1 aromatic heterocycles. The van der Waals surface area contributed by atoms with Gasteiger partial charge in [-0.3, -0.25) is 14.9 Å². The summed E-state index contributed by atoms with van der Waals surface area (Å²) >= 11 is 0. The van der Waals surface area contributed by atoms with E-state index >= 15 is 0 Å². The van der Waals surface area contributed by atoms with Gasteiger partial charge in [-0.1, -0.05) is 12.1 Å². The number of urea groups is 1. The van der Waals surface area contributed by atoms with Crippen molar-refractivity contribution < 1.29 is 18.8 Å². The maximum Gasteiger partial charge on any atom is 0.326 e. The first-order valence-electron chi connectivity index (χ1n) is 5.83. The van der Waals surface area contributed by atoms with E-state index in [4.69, 9.17) is 4.42 Å². The minimum atomic E-state index is -0.736. The van der Waals surface area contributed by atoms with Crippen molar-refractivity contribution in [3.8, 4) is 0 Å². The molecule has 0 spiro atoms. The largest absolute Gasteiger partial charge is 0.459 e. The molecule has 1 aromatic carbocycles. The van der Waals surface area contributed by atoms with E-state index < -0.39 is 11.9 Å². The van der Waals surface area contributed by atoms with Crippen LogP contribution in [0.25, 0.3) is 0 Å². The quantitative estimate of drug-likeness (QED) is 0.840. The van der Waals surface area contributed by atoms with Gasteiger partial charge < -0.3 is 9.73 Å². The first-order valence-corrected chi connectivity index (χ1v) is 5.83. The van der Waals surface area contributed by atoms with Gasteiger partial charge in [0.05, 0.1) is 12.0 Å². The molecule has 0 radical (unpaired) electrons. The third-order valence-corrected chi connectivity index (χ3v) is 2.53. The van der Waals surface area contributed by atoms with E-state index in [0.717, 1.165) is 0 Å². The highest BCUT2D eigenvalue weighted by molar-refractivity contribution is 6.09. The van der Waals surface area contributed by atoms with Gasteiger partial charge in [0.1, 0.15) is 0 Å². The summed E-state index contributed by atoms with van der Waals surface area (Å²) in [7, 11) is 0. The third-order valence-electron chi connectivity index (χ3n) is 2.53. The second-order valence-electron chi connectivity index (χ2n) is 3.99. The number of Topliss-reactive ketones (excluding diaryl/α,β-unsaturated/α-hetero) is 1.